The number of carbonyl (C=O) groups excluding carboxylic acids is 2. The van der Waals surface area contributed by atoms with Crippen LogP contribution >= 0.6 is 23.2 Å². The summed E-state index contributed by atoms with van der Waals surface area (Å²) in [5, 5.41) is 6.28. The van der Waals surface area contributed by atoms with E-state index in [9.17, 15) is 27.2 Å². The van der Waals surface area contributed by atoms with Crippen LogP contribution in [0, 0.1) is 0 Å². The molecule has 2 N–H and O–H groups in total. The van der Waals surface area contributed by atoms with Gasteiger partial charge in [-0.25, -0.2) is 9.18 Å². The zero-order chi connectivity index (χ0) is 31.5. The fourth-order valence-corrected chi connectivity index (χ4v) is 6.25. The summed E-state index contributed by atoms with van der Waals surface area (Å²) in [5.41, 5.74) is 1.91. The Hall–Kier alpha value is -3.28. The van der Waals surface area contributed by atoms with Crippen molar-refractivity contribution >= 4 is 35.2 Å². The Morgan fingerprint density at radius 2 is 1.82 bits per heavy atom. The van der Waals surface area contributed by atoms with Gasteiger partial charge in [-0.1, -0.05) is 41.4 Å². The van der Waals surface area contributed by atoms with Crippen LogP contribution in [0.25, 0.3) is 0 Å². The molecule has 1 unspecified atom stereocenters. The van der Waals surface area contributed by atoms with Gasteiger partial charge in [0.1, 0.15) is 17.2 Å². The zero-order valence-electron chi connectivity index (χ0n) is 23.6. The van der Waals surface area contributed by atoms with E-state index in [1.165, 1.54) is 30.3 Å². The number of rotatable bonds is 9. The van der Waals surface area contributed by atoms with Gasteiger partial charge < -0.3 is 19.7 Å². The molecule has 2 amide bonds. The Kier molecular flexibility index (Phi) is 9.77. The lowest BCUT2D eigenvalue weighted by atomic mass is 9.79. The minimum atomic E-state index is -4.79. The number of nitrogens with one attached hydrogen (secondary N) is 2. The smallest absolute Gasteiger partial charge is 0.438 e. The maximum absolute atomic E-state index is 14.1. The van der Waals surface area contributed by atoms with Crippen LogP contribution in [0.2, 0.25) is 10.0 Å². The highest BCUT2D eigenvalue weighted by Gasteiger charge is 2.46. The van der Waals surface area contributed by atoms with Crippen molar-refractivity contribution in [3.8, 4) is 5.75 Å². The molecular weight excluding hydrogens is 625 g/mol. The predicted molar refractivity (Wildman–Crippen MR) is 157 cm³/mol. The number of alkyl carbamates (subject to hydrolysis) is 1. The van der Waals surface area contributed by atoms with E-state index in [2.05, 4.69) is 20.3 Å². The molecule has 0 aromatic heterocycles. The van der Waals surface area contributed by atoms with Gasteiger partial charge in [-0.15, -0.1) is 13.2 Å². The molecule has 2 aromatic carbocycles. The van der Waals surface area contributed by atoms with E-state index in [1.54, 1.807) is 18.2 Å². The summed E-state index contributed by atoms with van der Waals surface area (Å²) >= 11 is 12.4. The minimum absolute atomic E-state index is 0.109. The van der Waals surface area contributed by atoms with Crippen molar-refractivity contribution in [2.45, 2.75) is 63.0 Å². The number of likely N-dealkylation sites (tertiary alicyclic amines) is 1. The maximum Gasteiger partial charge on any atom is 0.573 e. The number of hydrogen-bond acceptors (Lipinski definition) is 5. The lowest BCUT2D eigenvalue weighted by Gasteiger charge is -2.45. The summed E-state index contributed by atoms with van der Waals surface area (Å²) in [6.45, 7) is 2.07. The summed E-state index contributed by atoms with van der Waals surface area (Å²) in [6, 6.07) is 10.3. The molecule has 2 heterocycles. The van der Waals surface area contributed by atoms with E-state index < -0.39 is 24.0 Å². The number of amides is 2. The molecule has 1 saturated heterocycles. The first kappa shape index (κ1) is 32.1. The van der Waals surface area contributed by atoms with Crippen molar-refractivity contribution in [2.24, 2.45) is 0 Å². The van der Waals surface area contributed by atoms with E-state index in [1.807, 2.05) is 0 Å². The van der Waals surface area contributed by atoms with Gasteiger partial charge >= 0.3 is 12.5 Å². The van der Waals surface area contributed by atoms with Crippen molar-refractivity contribution in [2.75, 3.05) is 19.6 Å². The van der Waals surface area contributed by atoms with E-state index in [-0.39, 0.29) is 30.4 Å². The molecule has 0 radical (unpaired) electrons. The summed E-state index contributed by atoms with van der Waals surface area (Å²) in [7, 11) is 0. The largest absolute Gasteiger partial charge is 0.573 e. The average molecular weight is 657 g/mol. The molecule has 1 spiro atoms. The highest BCUT2D eigenvalue weighted by molar-refractivity contribution is 6.42. The molecule has 0 saturated carbocycles. The molecule has 1 fully saturated rings. The molecule has 1 aliphatic carbocycles. The van der Waals surface area contributed by atoms with E-state index in [0.717, 1.165) is 11.3 Å². The Morgan fingerprint density at radius 1 is 1.09 bits per heavy atom. The molecule has 44 heavy (non-hydrogen) atoms. The number of hydrogen-bond donors (Lipinski definition) is 2. The third-order valence-electron chi connectivity index (χ3n) is 8.19. The Balaban J connectivity index is 1.19. The summed E-state index contributed by atoms with van der Waals surface area (Å²) in [5.74, 6) is -1.38. The Labute approximate surface area is 262 Å². The number of ether oxygens (including phenoxy) is 2. The van der Waals surface area contributed by atoms with Gasteiger partial charge in [-0.3, -0.25) is 10.1 Å². The van der Waals surface area contributed by atoms with Gasteiger partial charge in [0.15, 0.2) is 0 Å². The second kappa shape index (κ2) is 13.4. The first-order valence-electron chi connectivity index (χ1n) is 14.3. The number of carbonyl (C=O) groups is 2. The van der Waals surface area contributed by atoms with Gasteiger partial charge in [-0.2, -0.15) is 0 Å². The van der Waals surface area contributed by atoms with Crippen LogP contribution in [0.3, 0.4) is 0 Å². The molecular formula is C31H31Cl2F4N3O4. The monoisotopic (exact) mass is 655 g/mol. The molecule has 2 aromatic rings. The van der Waals surface area contributed by atoms with Gasteiger partial charge in [0.05, 0.1) is 16.0 Å². The predicted octanol–water partition coefficient (Wildman–Crippen LogP) is 7.55. The fourth-order valence-electron chi connectivity index (χ4n) is 5.94. The van der Waals surface area contributed by atoms with E-state index >= 15 is 0 Å². The second-order valence-corrected chi connectivity index (χ2v) is 11.9. The molecule has 236 valence electrons. The number of piperidine rings is 1. The third-order valence-corrected chi connectivity index (χ3v) is 8.93. The van der Waals surface area contributed by atoms with Crippen LogP contribution in [0.5, 0.6) is 5.75 Å². The van der Waals surface area contributed by atoms with Crippen LogP contribution in [-0.4, -0.2) is 48.5 Å². The SMILES string of the molecule is O=C1NC2=C(C=C(F)CC2)C2(CCN(CCCC(C(=O)NCc3ccc(OC(F)(F)F)cc3)c3ccc(Cl)c(Cl)c3)CC2)O1. The van der Waals surface area contributed by atoms with Gasteiger partial charge in [0.25, 0.3) is 0 Å². The molecule has 1 atom stereocenters. The van der Waals surface area contributed by atoms with Crippen LogP contribution in [0.1, 0.15) is 55.6 Å². The number of benzene rings is 2. The van der Waals surface area contributed by atoms with Crippen molar-refractivity contribution in [1.29, 1.82) is 0 Å². The molecule has 7 nitrogen and oxygen atoms in total. The Bertz CT molecular complexity index is 1450. The van der Waals surface area contributed by atoms with Crippen LogP contribution < -0.4 is 15.4 Å². The number of allylic oxidation sites excluding steroid dienone is 2. The third kappa shape index (κ3) is 7.86. The van der Waals surface area contributed by atoms with Gasteiger partial charge in [0.2, 0.25) is 5.91 Å². The number of alkyl halides is 3. The maximum atomic E-state index is 14.1. The molecule has 3 aliphatic rings. The summed E-state index contributed by atoms with van der Waals surface area (Å²) in [4.78, 5) is 27.9. The molecule has 13 heteroatoms. The second-order valence-electron chi connectivity index (χ2n) is 11.1. The van der Waals surface area contributed by atoms with Gasteiger partial charge in [0, 0.05) is 50.2 Å². The van der Waals surface area contributed by atoms with Crippen molar-refractivity contribution in [1.82, 2.24) is 15.5 Å². The first-order chi connectivity index (χ1) is 20.9. The number of halogens is 6. The lowest BCUT2D eigenvalue weighted by molar-refractivity contribution is -0.274. The van der Waals surface area contributed by atoms with Crippen LogP contribution in [0.15, 0.2) is 65.6 Å². The topological polar surface area (TPSA) is 79.9 Å². The highest BCUT2D eigenvalue weighted by atomic mass is 35.5. The quantitative estimate of drug-likeness (QED) is 0.273. The summed E-state index contributed by atoms with van der Waals surface area (Å²) < 4.78 is 61.1. The summed E-state index contributed by atoms with van der Waals surface area (Å²) in [6.07, 6.45) is -0.866. The van der Waals surface area contributed by atoms with Crippen LogP contribution in [0.4, 0.5) is 22.4 Å². The fraction of sp³-hybridized carbons (Fsp3) is 0.419. The highest BCUT2D eigenvalue weighted by Crippen LogP contribution is 2.42. The lowest BCUT2D eigenvalue weighted by Crippen LogP contribution is -2.53. The van der Waals surface area contributed by atoms with E-state index in [4.69, 9.17) is 27.9 Å². The van der Waals surface area contributed by atoms with Gasteiger partial charge in [-0.05, 0) is 67.3 Å². The average Bonchev–Trinajstić information content (AvgIpc) is 2.97. The molecule has 5 rings (SSSR count). The van der Waals surface area contributed by atoms with Crippen molar-refractivity contribution in [3.05, 3.63) is 86.8 Å². The normalized spacial score (nSPS) is 19.0. The zero-order valence-corrected chi connectivity index (χ0v) is 25.1. The molecule has 0 bridgehead atoms. The van der Waals surface area contributed by atoms with Crippen molar-refractivity contribution < 1.29 is 36.6 Å². The number of fused-ring (bicyclic) bond motifs is 1. The van der Waals surface area contributed by atoms with Crippen molar-refractivity contribution in [3.63, 3.8) is 0 Å². The standard InChI is InChI=1S/C31H31Cl2F4N3O4/c32-25-9-5-20(16-26(25)33)23(28(41)38-18-19-3-7-22(8-4-19)43-31(35,36)37)2-1-13-40-14-11-30(12-15-40)24-17-21(34)6-10-27(24)39-29(42)44-30/h3-5,7-9,16-17,23H,1-2,6,10-15,18H2,(H,38,41)(H,39,42). The first-order valence-corrected chi connectivity index (χ1v) is 15.1. The number of nitrogens with zero attached hydrogens (tertiary/aromatic N) is 1. The minimum Gasteiger partial charge on any atom is -0.438 e. The van der Waals surface area contributed by atoms with E-state index in [0.29, 0.717) is 72.9 Å². The molecule has 2 aliphatic heterocycles. The van der Waals surface area contributed by atoms with Crippen LogP contribution in [-0.2, 0) is 16.1 Å². The Morgan fingerprint density at radius 3 is 2.50 bits per heavy atom.